The van der Waals surface area contributed by atoms with E-state index in [-0.39, 0.29) is 5.56 Å². The summed E-state index contributed by atoms with van der Waals surface area (Å²) in [5.41, 5.74) is 0.517. The third kappa shape index (κ3) is 2.69. The first-order valence-electron chi connectivity index (χ1n) is 7.73. The number of amides is 1. The van der Waals surface area contributed by atoms with Crippen LogP contribution in [0, 0.1) is 0 Å². The average Bonchev–Trinajstić information content (AvgIpc) is 2.88. The predicted molar refractivity (Wildman–Crippen MR) is 91.2 cm³/mol. The number of aromatic nitrogens is 2. The second kappa shape index (κ2) is 5.34. The van der Waals surface area contributed by atoms with Gasteiger partial charge in [0, 0.05) is 38.0 Å². The lowest BCUT2D eigenvalue weighted by atomic mass is 10.2. The number of nitrogens with one attached hydrogen (secondary N) is 1. The van der Waals surface area contributed by atoms with E-state index in [1.165, 1.54) is 10.6 Å². The van der Waals surface area contributed by atoms with E-state index in [1.807, 2.05) is 0 Å². The molecular weight excluding hydrogens is 322 g/mol. The first-order chi connectivity index (χ1) is 11.9. The lowest BCUT2D eigenvalue weighted by Crippen LogP contribution is -2.29. The fourth-order valence-electron chi connectivity index (χ4n) is 2.68. The largest absolute Gasteiger partial charge is 0.449 e. The van der Waals surface area contributed by atoms with Crippen molar-refractivity contribution in [1.29, 1.82) is 0 Å². The molecule has 2 aromatic heterocycles. The van der Waals surface area contributed by atoms with E-state index < -0.39 is 17.3 Å². The van der Waals surface area contributed by atoms with Gasteiger partial charge >= 0.3 is 0 Å². The molecule has 0 atom stereocenters. The molecule has 0 radical (unpaired) electrons. The van der Waals surface area contributed by atoms with Crippen LogP contribution in [-0.2, 0) is 0 Å². The van der Waals surface area contributed by atoms with Gasteiger partial charge in [0.15, 0.2) is 11.5 Å². The number of nitrogens with zero attached hydrogens (tertiary/aromatic N) is 2. The van der Waals surface area contributed by atoms with Crippen LogP contribution in [0.2, 0.25) is 0 Å². The third-order valence-corrected chi connectivity index (χ3v) is 3.77. The van der Waals surface area contributed by atoms with Crippen molar-refractivity contribution in [3.8, 4) is 11.5 Å². The summed E-state index contributed by atoms with van der Waals surface area (Å²) in [6, 6.07) is 10.2. The molecule has 25 heavy (non-hydrogen) atoms. The number of hydrogen-bond acceptors (Lipinski definition) is 5. The smallest absolute Gasteiger partial charge is 0.270 e. The summed E-state index contributed by atoms with van der Waals surface area (Å²) in [6.07, 6.45) is 2.85. The molecule has 1 aromatic carbocycles. The maximum atomic E-state index is 12.5. The second-order valence-electron chi connectivity index (χ2n) is 6.13. The highest BCUT2D eigenvalue weighted by Crippen LogP contribution is 2.40. The van der Waals surface area contributed by atoms with Crippen molar-refractivity contribution >= 4 is 17.2 Å². The molecule has 0 bridgehead atoms. The summed E-state index contributed by atoms with van der Waals surface area (Å²) in [6.45, 7) is 3.60. The molecule has 1 N–H and O–H groups in total. The fraction of sp³-hybridized carbons (Fsp3) is 0.167. The maximum Gasteiger partial charge on any atom is 0.270 e. The lowest BCUT2D eigenvalue weighted by Gasteiger charge is -2.16. The normalized spacial score (nSPS) is 14.5. The molecule has 1 aliphatic heterocycles. The highest BCUT2D eigenvalue weighted by molar-refractivity contribution is 6.04. The van der Waals surface area contributed by atoms with Crippen LogP contribution in [0.1, 0.15) is 24.2 Å². The Labute approximate surface area is 142 Å². The van der Waals surface area contributed by atoms with E-state index in [4.69, 9.17) is 9.47 Å². The van der Waals surface area contributed by atoms with Crippen LogP contribution in [0.4, 0.5) is 5.69 Å². The number of ether oxygens (including phenoxy) is 2. The van der Waals surface area contributed by atoms with E-state index in [2.05, 4.69) is 10.3 Å². The first kappa shape index (κ1) is 15.2. The Morgan fingerprint density at radius 3 is 2.80 bits per heavy atom. The molecular formula is C18H15N3O4. The number of anilines is 1. The van der Waals surface area contributed by atoms with Gasteiger partial charge in [-0.1, -0.05) is 6.07 Å². The Balaban J connectivity index is 1.63. The predicted octanol–water partition coefficient (Wildman–Crippen LogP) is 2.45. The molecule has 7 nitrogen and oxygen atoms in total. The number of carbonyl (C=O) groups is 1. The van der Waals surface area contributed by atoms with Crippen LogP contribution in [0.5, 0.6) is 11.5 Å². The van der Waals surface area contributed by atoms with Crippen LogP contribution in [0.3, 0.4) is 0 Å². The number of pyridine rings is 1. The molecule has 7 heteroatoms. The van der Waals surface area contributed by atoms with Gasteiger partial charge in [0.05, 0.1) is 0 Å². The van der Waals surface area contributed by atoms with E-state index in [1.54, 1.807) is 56.4 Å². The van der Waals surface area contributed by atoms with Gasteiger partial charge in [-0.3, -0.25) is 14.0 Å². The van der Waals surface area contributed by atoms with Crippen molar-refractivity contribution < 1.29 is 14.3 Å². The molecule has 3 heterocycles. The number of hydrogen-bond donors (Lipinski definition) is 1. The molecule has 0 saturated carbocycles. The minimum Gasteiger partial charge on any atom is -0.449 e. The van der Waals surface area contributed by atoms with Gasteiger partial charge in [0.25, 0.3) is 11.5 Å². The number of carbonyl (C=O) groups excluding carboxylic acids is 1. The molecule has 0 aliphatic carbocycles. The number of benzene rings is 1. The molecule has 0 fully saturated rings. The van der Waals surface area contributed by atoms with Crippen LogP contribution in [0.25, 0.3) is 5.65 Å². The molecule has 1 aliphatic rings. The summed E-state index contributed by atoms with van der Waals surface area (Å²) >= 11 is 0. The van der Waals surface area contributed by atoms with E-state index in [0.29, 0.717) is 22.8 Å². The molecule has 0 saturated heterocycles. The zero-order chi connectivity index (χ0) is 17.6. The van der Waals surface area contributed by atoms with Gasteiger partial charge in [0.1, 0.15) is 11.2 Å². The standard InChI is InChI=1S/C18H15N3O4/c1-18(2)24-13-7-6-11(9-14(13)25-18)20-16(22)12-10-19-15-5-3-4-8-21(15)17(12)23/h3-10H,1-2H3,(H,20,22). The fourth-order valence-corrected chi connectivity index (χ4v) is 2.68. The van der Waals surface area contributed by atoms with Crippen molar-refractivity contribution in [1.82, 2.24) is 9.38 Å². The van der Waals surface area contributed by atoms with Gasteiger partial charge in [-0.05, 0) is 24.3 Å². The Hall–Kier alpha value is -3.35. The van der Waals surface area contributed by atoms with Crippen LogP contribution >= 0.6 is 0 Å². The summed E-state index contributed by atoms with van der Waals surface area (Å²) in [4.78, 5) is 29.1. The molecule has 1 amide bonds. The Morgan fingerprint density at radius 2 is 1.96 bits per heavy atom. The molecule has 4 rings (SSSR count). The number of fused-ring (bicyclic) bond motifs is 2. The van der Waals surface area contributed by atoms with E-state index >= 15 is 0 Å². The van der Waals surface area contributed by atoms with E-state index in [9.17, 15) is 9.59 Å². The summed E-state index contributed by atoms with van der Waals surface area (Å²) in [5, 5.41) is 2.69. The minimum absolute atomic E-state index is 0.0401. The Morgan fingerprint density at radius 1 is 1.16 bits per heavy atom. The van der Waals surface area contributed by atoms with Crippen molar-refractivity contribution in [3.05, 3.63) is 64.7 Å². The maximum absolute atomic E-state index is 12.5. The highest BCUT2D eigenvalue weighted by Gasteiger charge is 2.31. The topological polar surface area (TPSA) is 81.9 Å². The summed E-state index contributed by atoms with van der Waals surface area (Å²) in [7, 11) is 0. The van der Waals surface area contributed by atoms with Gasteiger partial charge < -0.3 is 14.8 Å². The SMILES string of the molecule is CC1(C)Oc2ccc(NC(=O)c3cnc4ccccn4c3=O)cc2O1. The van der Waals surface area contributed by atoms with Crippen LogP contribution < -0.4 is 20.3 Å². The average molecular weight is 337 g/mol. The zero-order valence-electron chi connectivity index (χ0n) is 13.6. The Kier molecular flexibility index (Phi) is 3.24. The van der Waals surface area contributed by atoms with Crippen LogP contribution in [-0.4, -0.2) is 21.1 Å². The molecule has 126 valence electrons. The highest BCUT2D eigenvalue weighted by atomic mass is 16.7. The zero-order valence-corrected chi connectivity index (χ0v) is 13.6. The van der Waals surface area contributed by atoms with Crippen molar-refractivity contribution in [2.75, 3.05) is 5.32 Å². The second-order valence-corrected chi connectivity index (χ2v) is 6.13. The lowest BCUT2D eigenvalue weighted by molar-refractivity contribution is -0.0431. The van der Waals surface area contributed by atoms with Crippen molar-refractivity contribution in [3.63, 3.8) is 0 Å². The molecule has 0 spiro atoms. The number of rotatable bonds is 2. The molecule has 3 aromatic rings. The van der Waals surface area contributed by atoms with Gasteiger partial charge in [-0.25, -0.2) is 4.98 Å². The molecule has 0 unspecified atom stereocenters. The van der Waals surface area contributed by atoms with E-state index in [0.717, 1.165) is 0 Å². The monoisotopic (exact) mass is 337 g/mol. The van der Waals surface area contributed by atoms with Gasteiger partial charge in [0.2, 0.25) is 5.79 Å². The summed E-state index contributed by atoms with van der Waals surface area (Å²) in [5.74, 6) is -0.132. The Bertz CT molecular complexity index is 1060. The van der Waals surface area contributed by atoms with Crippen LogP contribution in [0.15, 0.2) is 53.6 Å². The first-order valence-corrected chi connectivity index (χ1v) is 7.73. The quantitative estimate of drug-likeness (QED) is 0.777. The van der Waals surface area contributed by atoms with Gasteiger partial charge in [-0.15, -0.1) is 0 Å². The minimum atomic E-state index is -0.744. The third-order valence-electron chi connectivity index (χ3n) is 3.77. The van der Waals surface area contributed by atoms with Crippen molar-refractivity contribution in [2.45, 2.75) is 19.6 Å². The van der Waals surface area contributed by atoms with Gasteiger partial charge in [-0.2, -0.15) is 0 Å². The van der Waals surface area contributed by atoms with Crippen molar-refractivity contribution in [2.24, 2.45) is 0 Å². The summed E-state index contributed by atoms with van der Waals surface area (Å²) < 4.78 is 12.6.